The molecule has 31 heavy (non-hydrogen) atoms. The molecule has 1 aromatic rings. The van der Waals surface area contributed by atoms with Gasteiger partial charge in [-0.15, -0.1) is 0 Å². The van der Waals surface area contributed by atoms with Crippen molar-refractivity contribution in [2.24, 2.45) is 5.73 Å². The number of hydrogen-bond acceptors (Lipinski definition) is 6. The Kier molecular flexibility index (Phi) is 9.15. The van der Waals surface area contributed by atoms with Gasteiger partial charge in [-0.25, -0.2) is 0 Å². The Balaban J connectivity index is 2.31. The zero-order chi connectivity index (χ0) is 23.1. The minimum absolute atomic E-state index is 0.0164. The predicted molar refractivity (Wildman–Crippen MR) is 123 cm³/mol. The van der Waals surface area contributed by atoms with Gasteiger partial charge in [0.1, 0.15) is 6.10 Å². The summed E-state index contributed by atoms with van der Waals surface area (Å²) < 4.78 is 11.5. The predicted octanol–water partition coefficient (Wildman–Crippen LogP) is 1.99. The van der Waals surface area contributed by atoms with Crippen LogP contribution in [0.2, 0.25) is 5.02 Å². The number of carbonyl (C=O) groups is 2. The molecule has 0 spiro atoms. The maximum atomic E-state index is 13.0. The molecule has 9 heteroatoms. The number of likely N-dealkylation sites (N-methyl/N-ethyl adjacent to an activating group) is 2. The first-order chi connectivity index (χ1) is 14.7. The van der Waals surface area contributed by atoms with E-state index in [0.29, 0.717) is 48.2 Å². The molecule has 2 rings (SSSR count). The van der Waals surface area contributed by atoms with Gasteiger partial charge >= 0.3 is 0 Å². The van der Waals surface area contributed by atoms with Crippen molar-refractivity contribution in [1.29, 1.82) is 0 Å². The van der Waals surface area contributed by atoms with E-state index in [4.69, 9.17) is 26.8 Å². The summed E-state index contributed by atoms with van der Waals surface area (Å²) in [7, 11) is 1.52. The first-order valence-corrected chi connectivity index (χ1v) is 10.8. The summed E-state index contributed by atoms with van der Waals surface area (Å²) in [6.07, 6.45) is -0.0478. The van der Waals surface area contributed by atoms with Crippen molar-refractivity contribution in [3.8, 4) is 0 Å². The number of benzene rings is 1. The Morgan fingerprint density at radius 3 is 2.61 bits per heavy atom. The molecule has 0 aliphatic carbocycles. The van der Waals surface area contributed by atoms with Crippen LogP contribution < -0.4 is 21.3 Å². The van der Waals surface area contributed by atoms with Gasteiger partial charge in [0, 0.05) is 42.2 Å². The van der Waals surface area contributed by atoms with Gasteiger partial charge in [0.2, 0.25) is 5.91 Å². The van der Waals surface area contributed by atoms with Crippen molar-refractivity contribution < 1.29 is 19.1 Å². The van der Waals surface area contributed by atoms with E-state index in [9.17, 15) is 9.59 Å². The quantitative estimate of drug-likeness (QED) is 0.495. The van der Waals surface area contributed by atoms with Crippen LogP contribution >= 0.6 is 11.6 Å². The van der Waals surface area contributed by atoms with Gasteiger partial charge in [-0.2, -0.15) is 0 Å². The van der Waals surface area contributed by atoms with Crippen LogP contribution in [0.25, 0.3) is 0 Å². The molecule has 0 bridgehead atoms. The second-order valence-corrected chi connectivity index (χ2v) is 7.84. The fraction of sp³-hybridized carbons (Fsp3) is 0.545. The second-order valence-electron chi connectivity index (χ2n) is 7.41. The molecule has 0 unspecified atom stereocenters. The van der Waals surface area contributed by atoms with Crippen LogP contribution in [-0.4, -0.2) is 63.9 Å². The number of carbonyl (C=O) groups excluding carboxylic acids is 2. The number of ether oxygens (including phenoxy) is 2. The van der Waals surface area contributed by atoms with Gasteiger partial charge < -0.3 is 30.7 Å². The molecule has 172 valence electrons. The molecule has 0 aromatic heterocycles. The van der Waals surface area contributed by atoms with E-state index < -0.39 is 0 Å². The van der Waals surface area contributed by atoms with E-state index >= 15 is 0 Å². The molecular weight excluding hydrogens is 420 g/mol. The lowest BCUT2D eigenvalue weighted by Gasteiger charge is -2.34. The fourth-order valence-electron chi connectivity index (χ4n) is 3.78. The van der Waals surface area contributed by atoms with Gasteiger partial charge in [0.05, 0.1) is 31.4 Å². The number of rotatable bonds is 9. The van der Waals surface area contributed by atoms with Crippen LogP contribution in [0.4, 0.5) is 5.69 Å². The van der Waals surface area contributed by atoms with Crippen LogP contribution in [0, 0.1) is 6.92 Å². The van der Waals surface area contributed by atoms with Gasteiger partial charge in [-0.3, -0.25) is 9.59 Å². The lowest BCUT2D eigenvalue weighted by molar-refractivity contribution is -0.117. The van der Waals surface area contributed by atoms with Crippen LogP contribution in [0.15, 0.2) is 23.4 Å². The van der Waals surface area contributed by atoms with Crippen molar-refractivity contribution in [2.45, 2.75) is 39.8 Å². The summed E-state index contributed by atoms with van der Waals surface area (Å²) >= 11 is 6.39. The maximum Gasteiger partial charge on any atom is 0.251 e. The van der Waals surface area contributed by atoms with Crippen molar-refractivity contribution in [2.75, 3.05) is 44.9 Å². The summed E-state index contributed by atoms with van der Waals surface area (Å²) in [6, 6.07) is 3.52. The van der Waals surface area contributed by atoms with Gasteiger partial charge in [-0.05, 0) is 45.4 Å². The van der Waals surface area contributed by atoms with Crippen molar-refractivity contribution >= 4 is 29.1 Å². The SMILES string of the molecule is CCO[C@@H]1COC[C@H]1N(CC)c1cc(Cl)cc(C(=O)NC/C(C(=O)NC)=C(\C)N)c1C. The van der Waals surface area contributed by atoms with Crippen LogP contribution in [0.1, 0.15) is 36.7 Å². The van der Waals surface area contributed by atoms with Crippen LogP contribution in [0.3, 0.4) is 0 Å². The Morgan fingerprint density at radius 2 is 2.03 bits per heavy atom. The molecule has 1 heterocycles. The number of halogens is 1. The van der Waals surface area contributed by atoms with Gasteiger partial charge in [-0.1, -0.05) is 11.6 Å². The number of nitrogens with zero attached hydrogens (tertiary/aromatic N) is 1. The minimum Gasteiger partial charge on any atom is -0.402 e. The highest BCUT2D eigenvalue weighted by atomic mass is 35.5. The molecule has 2 atom stereocenters. The molecule has 1 fully saturated rings. The van der Waals surface area contributed by atoms with Crippen molar-refractivity contribution in [3.63, 3.8) is 0 Å². The maximum absolute atomic E-state index is 13.0. The van der Waals surface area contributed by atoms with Crippen molar-refractivity contribution in [1.82, 2.24) is 10.6 Å². The minimum atomic E-state index is -0.330. The van der Waals surface area contributed by atoms with E-state index in [2.05, 4.69) is 15.5 Å². The largest absolute Gasteiger partial charge is 0.402 e. The zero-order valence-corrected chi connectivity index (χ0v) is 19.6. The molecule has 1 saturated heterocycles. The normalized spacial score (nSPS) is 19.0. The number of anilines is 1. The first kappa shape index (κ1) is 25.0. The van der Waals surface area contributed by atoms with E-state index in [1.54, 1.807) is 13.0 Å². The summed E-state index contributed by atoms with van der Waals surface area (Å²) in [4.78, 5) is 27.1. The lowest BCUT2D eigenvalue weighted by atomic mass is 10.0. The molecule has 1 aliphatic rings. The van der Waals surface area contributed by atoms with Crippen LogP contribution in [0.5, 0.6) is 0 Å². The van der Waals surface area contributed by atoms with E-state index in [0.717, 1.165) is 11.3 Å². The number of allylic oxidation sites excluding steroid dienone is 1. The topological polar surface area (TPSA) is 106 Å². The first-order valence-electron chi connectivity index (χ1n) is 10.5. The average molecular weight is 453 g/mol. The Morgan fingerprint density at radius 1 is 1.32 bits per heavy atom. The molecule has 0 saturated carbocycles. The smallest absolute Gasteiger partial charge is 0.251 e. The van der Waals surface area contributed by atoms with E-state index in [-0.39, 0.29) is 30.5 Å². The monoisotopic (exact) mass is 452 g/mol. The summed E-state index contributed by atoms with van der Waals surface area (Å²) in [5, 5.41) is 5.76. The fourth-order valence-corrected chi connectivity index (χ4v) is 4.00. The molecule has 0 radical (unpaired) electrons. The Bertz CT molecular complexity index is 839. The third kappa shape index (κ3) is 5.90. The average Bonchev–Trinajstić information content (AvgIpc) is 3.18. The highest BCUT2D eigenvalue weighted by Crippen LogP contribution is 2.32. The second kappa shape index (κ2) is 11.4. The third-order valence-electron chi connectivity index (χ3n) is 5.42. The number of nitrogens with one attached hydrogen (secondary N) is 2. The van der Waals surface area contributed by atoms with E-state index in [1.807, 2.05) is 26.8 Å². The van der Waals surface area contributed by atoms with Gasteiger partial charge in [0.25, 0.3) is 5.91 Å². The highest BCUT2D eigenvalue weighted by Gasteiger charge is 2.34. The Labute approximate surface area is 189 Å². The highest BCUT2D eigenvalue weighted by molar-refractivity contribution is 6.31. The summed E-state index contributed by atoms with van der Waals surface area (Å²) in [5.41, 5.74) is 8.56. The third-order valence-corrected chi connectivity index (χ3v) is 5.64. The van der Waals surface area contributed by atoms with Gasteiger partial charge in [0.15, 0.2) is 0 Å². The Hall–Kier alpha value is -2.29. The van der Waals surface area contributed by atoms with Crippen molar-refractivity contribution in [3.05, 3.63) is 39.6 Å². The summed E-state index contributed by atoms with van der Waals surface area (Å²) in [6.45, 7) is 9.92. The summed E-state index contributed by atoms with van der Waals surface area (Å²) in [5.74, 6) is -0.659. The molecular formula is C22H33ClN4O4. The zero-order valence-electron chi connectivity index (χ0n) is 18.9. The molecule has 2 amide bonds. The number of nitrogens with two attached hydrogens (primary N) is 1. The van der Waals surface area contributed by atoms with E-state index in [1.165, 1.54) is 7.05 Å². The molecule has 4 N–H and O–H groups in total. The molecule has 1 aromatic carbocycles. The number of hydrogen-bond donors (Lipinski definition) is 3. The van der Waals surface area contributed by atoms with Crippen LogP contribution in [-0.2, 0) is 14.3 Å². The lowest BCUT2D eigenvalue weighted by Crippen LogP contribution is -2.45. The molecule has 8 nitrogen and oxygen atoms in total. The standard InChI is InChI=1S/C22H33ClN4O4/c1-6-27(19-11-30-12-20(19)31-7-2)18-9-15(23)8-16(13(18)3)22(29)26-10-17(14(4)24)21(28)25-5/h8-9,19-20H,6-7,10-12,24H2,1-5H3,(H,25,28)(H,26,29)/b17-14-/t19-,20-/m1/s1. The molecule has 1 aliphatic heterocycles. The number of amides is 2.